The second-order valence-electron chi connectivity index (χ2n) is 2.73. The summed E-state index contributed by atoms with van der Waals surface area (Å²) in [6, 6.07) is 0. The van der Waals surface area contributed by atoms with E-state index in [-0.39, 0.29) is 11.8 Å². The first-order valence-corrected chi connectivity index (χ1v) is 3.36. The van der Waals surface area contributed by atoms with E-state index in [0.717, 1.165) is 12.6 Å². The zero-order valence-electron chi connectivity index (χ0n) is 5.56. The second-order valence-corrected chi connectivity index (χ2v) is 2.73. The fourth-order valence-electron chi connectivity index (χ4n) is 1.39. The summed E-state index contributed by atoms with van der Waals surface area (Å²) in [4.78, 5) is 20.5. The van der Waals surface area contributed by atoms with E-state index in [2.05, 4.69) is 0 Å². The van der Waals surface area contributed by atoms with Gasteiger partial charge in [0.2, 0.25) is 0 Å². The molecule has 1 aliphatic carbocycles. The van der Waals surface area contributed by atoms with Gasteiger partial charge in [0.25, 0.3) is 0 Å². The molecule has 56 valence electrons. The van der Waals surface area contributed by atoms with Gasteiger partial charge in [-0.05, 0) is 12.8 Å². The van der Waals surface area contributed by atoms with Crippen molar-refractivity contribution in [3.63, 3.8) is 0 Å². The summed E-state index contributed by atoms with van der Waals surface area (Å²) in [6.07, 6.45) is 1.97. The van der Waals surface area contributed by atoms with Crippen LogP contribution in [0.2, 0.25) is 0 Å². The number of hydrogen-bond acceptors (Lipinski definition) is 3. The highest BCUT2D eigenvalue weighted by Gasteiger charge is 2.32. The zero-order chi connectivity index (χ0) is 7.56. The Morgan fingerprint density at radius 3 is 1.80 bits per heavy atom. The number of hydrogen-bond donors (Lipinski definition) is 1. The van der Waals surface area contributed by atoms with E-state index in [1.807, 2.05) is 0 Å². The molecular formula is C7H10O3. The summed E-state index contributed by atoms with van der Waals surface area (Å²) in [5.41, 5.74) is 0. The first-order valence-electron chi connectivity index (χ1n) is 3.36. The van der Waals surface area contributed by atoms with Crippen molar-refractivity contribution >= 4 is 12.6 Å². The Balaban J connectivity index is 2.56. The van der Waals surface area contributed by atoms with E-state index in [1.54, 1.807) is 0 Å². The SMILES string of the molecule is O=CC1CC(O)CC1C=O. The van der Waals surface area contributed by atoms with Crippen molar-refractivity contribution in [2.24, 2.45) is 11.8 Å². The van der Waals surface area contributed by atoms with Crippen molar-refractivity contribution < 1.29 is 14.7 Å². The Morgan fingerprint density at radius 2 is 1.50 bits per heavy atom. The molecule has 3 heteroatoms. The van der Waals surface area contributed by atoms with Crippen LogP contribution in [0.25, 0.3) is 0 Å². The topological polar surface area (TPSA) is 54.4 Å². The predicted molar refractivity (Wildman–Crippen MR) is 34.3 cm³/mol. The molecule has 0 aromatic carbocycles. The number of aliphatic hydroxyl groups is 1. The van der Waals surface area contributed by atoms with E-state index < -0.39 is 6.10 Å². The Labute approximate surface area is 59.0 Å². The summed E-state index contributed by atoms with van der Waals surface area (Å²) in [7, 11) is 0. The van der Waals surface area contributed by atoms with Gasteiger partial charge in [-0.3, -0.25) is 0 Å². The van der Waals surface area contributed by atoms with Crippen LogP contribution in [0.1, 0.15) is 12.8 Å². The quantitative estimate of drug-likeness (QED) is 0.542. The molecule has 0 saturated heterocycles. The molecule has 0 amide bonds. The van der Waals surface area contributed by atoms with Crippen LogP contribution in [0.4, 0.5) is 0 Å². The van der Waals surface area contributed by atoms with Gasteiger partial charge in [0.1, 0.15) is 12.6 Å². The van der Waals surface area contributed by atoms with Crippen LogP contribution in [0, 0.1) is 11.8 Å². The van der Waals surface area contributed by atoms with Crippen molar-refractivity contribution in [1.82, 2.24) is 0 Å². The van der Waals surface area contributed by atoms with Gasteiger partial charge in [-0.1, -0.05) is 0 Å². The maximum atomic E-state index is 10.3. The predicted octanol–water partition coefficient (Wildman–Crippen LogP) is -0.229. The highest BCUT2D eigenvalue weighted by molar-refractivity contribution is 5.65. The number of carbonyl (C=O) groups is 2. The Bertz CT molecular complexity index is 128. The lowest BCUT2D eigenvalue weighted by Gasteiger charge is -2.01. The van der Waals surface area contributed by atoms with Gasteiger partial charge >= 0.3 is 0 Å². The summed E-state index contributed by atoms with van der Waals surface area (Å²) in [5, 5.41) is 9.01. The second kappa shape index (κ2) is 2.92. The summed E-state index contributed by atoms with van der Waals surface area (Å²) in [5.74, 6) is -0.486. The third kappa shape index (κ3) is 1.24. The molecule has 2 atom stereocenters. The molecule has 0 aliphatic heterocycles. The molecular weight excluding hydrogens is 132 g/mol. The molecule has 1 saturated carbocycles. The molecule has 0 aromatic rings. The van der Waals surface area contributed by atoms with Crippen LogP contribution in [0.5, 0.6) is 0 Å². The fraction of sp³-hybridized carbons (Fsp3) is 0.714. The number of carbonyl (C=O) groups excluding carboxylic acids is 2. The first-order chi connectivity index (χ1) is 4.77. The lowest BCUT2D eigenvalue weighted by molar-refractivity contribution is -0.118. The van der Waals surface area contributed by atoms with Crippen molar-refractivity contribution in [2.75, 3.05) is 0 Å². The van der Waals surface area contributed by atoms with Crippen LogP contribution in [-0.2, 0) is 9.59 Å². The maximum absolute atomic E-state index is 10.3. The van der Waals surface area contributed by atoms with Gasteiger partial charge in [0.15, 0.2) is 0 Å². The Morgan fingerprint density at radius 1 is 1.10 bits per heavy atom. The normalized spacial score (nSPS) is 39.5. The smallest absolute Gasteiger partial charge is 0.123 e. The molecule has 0 radical (unpaired) electrons. The van der Waals surface area contributed by atoms with E-state index in [1.165, 1.54) is 0 Å². The zero-order valence-corrected chi connectivity index (χ0v) is 5.56. The summed E-state index contributed by atoms with van der Waals surface area (Å²) in [6.45, 7) is 0. The van der Waals surface area contributed by atoms with Crippen LogP contribution >= 0.6 is 0 Å². The molecule has 1 aliphatic rings. The molecule has 0 spiro atoms. The van der Waals surface area contributed by atoms with E-state index in [9.17, 15) is 9.59 Å². The van der Waals surface area contributed by atoms with Crippen molar-refractivity contribution in [3.05, 3.63) is 0 Å². The average Bonchev–Trinajstić information content (AvgIpc) is 2.30. The van der Waals surface area contributed by atoms with Gasteiger partial charge in [0.05, 0.1) is 6.10 Å². The van der Waals surface area contributed by atoms with E-state index in [0.29, 0.717) is 12.8 Å². The number of aldehydes is 2. The lowest BCUT2D eigenvalue weighted by Crippen LogP contribution is -2.09. The molecule has 2 unspecified atom stereocenters. The molecule has 0 heterocycles. The van der Waals surface area contributed by atoms with Gasteiger partial charge < -0.3 is 14.7 Å². The molecule has 3 nitrogen and oxygen atoms in total. The number of aliphatic hydroxyl groups excluding tert-OH is 1. The summed E-state index contributed by atoms with van der Waals surface area (Å²) >= 11 is 0. The Kier molecular flexibility index (Phi) is 2.17. The molecule has 0 bridgehead atoms. The largest absolute Gasteiger partial charge is 0.393 e. The number of rotatable bonds is 2. The fourth-order valence-corrected chi connectivity index (χ4v) is 1.39. The van der Waals surface area contributed by atoms with Crippen molar-refractivity contribution in [1.29, 1.82) is 0 Å². The minimum absolute atomic E-state index is 0.243. The van der Waals surface area contributed by atoms with Crippen LogP contribution < -0.4 is 0 Å². The van der Waals surface area contributed by atoms with Crippen LogP contribution in [0.15, 0.2) is 0 Å². The standard InChI is InChI=1S/C7H10O3/c8-3-5-1-7(10)2-6(5)4-9/h3-7,10H,1-2H2. The third-order valence-corrected chi connectivity index (χ3v) is 1.99. The van der Waals surface area contributed by atoms with Crippen LogP contribution in [0.3, 0.4) is 0 Å². The minimum Gasteiger partial charge on any atom is -0.393 e. The molecule has 1 fully saturated rings. The minimum atomic E-state index is -0.453. The maximum Gasteiger partial charge on any atom is 0.123 e. The molecule has 1 rings (SSSR count). The molecule has 1 N–H and O–H groups in total. The van der Waals surface area contributed by atoms with E-state index in [4.69, 9.17) is 5.11 Å². The third-order valence-electron chi connectivity index (χ3n) is 1.99. The van der Waals surface area contributed by atoms with Gasteiger partial charge in [0, 0.05) is 11.8 Å². The van der Waals surface area contributed by atoms with Gasteiger partial charge in [-0.2, -0.15) is 0 Å². The monoisotopic (exact) mass is 142 g/mol. The van der Waals surface area contributed by atoms with E-state index >= 15 is 0 Å². The molecule has 0 aromatic heterocycles. The average molecular weight is 142 g/mol. The highest BCUT2D eigenvalue weighted by Crippen LogP contribution is 2.28. The summed E-state index contributed by atoms with van der Waals surface area (Å²) < 4.78 is 0. The molecule has 10 heavy (non-hydrogen) atoms. The van der Waals surface area contributed by atoms with Gasteiger partial charge in [-0.15, -0.1) is 0 Å². The van der Waals surface area contributed by atoms with Crippen molar-refractivity contribution in [2.45, 2.75) is 18.9 Å². The van der Waals surface area contributed by atoms with Crippen molar-refractivity contribution in [3.8, 4) is 0 Å². The van der Waals surface area contributed by atoms with Crippen LogP contribution in [-0.4, -0.2) is 23.8 Å². The Hall–Kier alpha value is -0.700. The van der Waals surface area contributed by atoms with Gasteiger partial charge in [-0.25, -0.2) is 0 Å². The lowest BCUT2D eigenvalue weighted by atomic mass is 10.00. The highest BCUT2D eigenvalue weighted by atomic mass is 16.3. The first kappa shape index (κ1) is 7.41.